The quantitative estimate of drug-likeness (QED) is 0.681. The molecule has 3 rings (SSSR count). The number of urea groups is 1. The highest BCUT2D eigenvalue weighted by atomic mass is 35.5. The van der Waals surface area contributed by atoms with Crippen LogP contribution < -0.4 is 10.6 Å². The number of carbonyl (C=O) groups excluding carboxylic acids is 3. The van der Waals surface area contributed by atoms with Crippen molar-refractivity contribution in [1.29, 1.82) is 0 Å². The second-order valence-electron chi connectivity index (χ2n) is 7.27. The Balaban J connectivity index is 1.78. The zero-order valence-electron chi connectivity index (χ0n) is 16.5. The van der Waals surface area contributed by atoms with Gasteiger partial charge in [0.15, 0.2) is 9.84 Å². The van der Waals surface area contributed by atoms with E-state index in [-0.39, 0.29) is 15.6 Å². The predicted octanol–water partition coefficient (Wildman–Crippen LogP) is 2.46. The summed E-state index contributed by atoms with van der Waals surface area (Å²) in [6.07, 6.45) is 1.03. The standard InChI is InChI=1S/C20H20ClN3O5S/c1-12-4-6-13(7-5-12)20(2)18(26)24(19(27)23-20)11-17(25)22-16-10-14(30(3,28)29)8-9-15(16)21/h4-10H,11H2,1-3H3,(H,22,25)(H,23,27)/t20-/m1/s1. The topological polar surface area (TPSA) is 113 Å². The second-order valence-corrected chi connectivity index (χ2v) is 9.70. The zero-order valence-corrected chi connectivity index (χ0v) is 18.1. The summed E-state index contributed by atoms with van der Waals surface area (Å²) in [4.78, 5) is 38.6. The number of aryl methyl sites for hydroxylation is 1. The van der Waals surface area contributed by atoms with Crippen LogP contribution >= 0.6 is 11.6 Å². The fourth-order valence-corrected chi connectivity index (χ4v) is 3.90. The molecule has 1 aliphatic rings. The largest absolute Gasteiger partial charge is 0.325 e. The first kappa shape index (κ1) is 21.8. The van der Waals surface area contributed by atoms with Gasteiger partial charge in [0, 0.05) is 6.26 Å². The van der Waals surface area contributed by atoms with Gasteiger partial charge in [-0.1, -0.05) is 41.4 Å². The minimum absolute atomic E-state index is 0.0239. The number of benzene rings is 2. The van der Waals surface area contributed by atoms with E-state index < -0.39 is 39.8 Å². The number of anilines is 1. The Labute approximate surface area is 179 Å². The van der Waals surface area contributed by atoms with E-state index in [1.165, 1.54) is 18.2 Å². The Morgan fingerprint density at radius 3 is 2.40 bits per heavy atom. The summed E-state index contributed by atoms with van der Waals surface area (Å²) in [6, 6.07) is 10.3. The molecule has 0 aromatic heterocycles. The average Bonchev–Trinajstić information content (AvgIpc) is 2.87. The lowest BCUT2D eigenvalue weighted by atomic mass is 9.91. The van der Waals surface area contributed by atoms with Crippen molar-refractivity contribution in [2.24, 2.45) is 0 Å². The lowest BCUT2D eigenvalue weighted by Crippen LogP contribution is -2.42. The minimum atomic E-state index is -3.51. The number of halogens is 1. The van der Waals surface area contributed by atoms with Gasteiger partial charge in [-0.15, -0.1) is 0 Å². The predicted molar refractivity (Wildman–Crippen MR) is 112 cm³/mol. The number of nitrogens with one attached hydrogen (secondary N) is 2. The van der Waals surface area contributed by atoms with Crippen LogP contribution in [0.5, 0.6) is 0 Å². The summed E-state index contributed by atoms with van der Waals surface area (Å²) in [7, 11) is -3.51. The Hall–Kier alpha value is -2.91. The van der Waals surface area contributed by atoms with Gasteiger partial charge in [0.1, 0.15) is 12.1 Å². The normalized spacial score (nSPS) is 19.0. The molecule has 0 bridgehead atoms. The van der Waals surface area contributed by atoms with Crippen molar-refractivity contribution in [1.82, 2.24) is 10.2 Å². The molecule has 0 radical (unpaired) electrons. The maximum atomic E-state index is 12.9. The van der Waals surface area contributed by atoms with E-state index in [4.69, 9.17) is 11.6 Å². The van der Waals surface area contributed by atoms with E-state index in [0.29, 0.717) is 5.56 Å². The molecule has 1 fully saturated rings. The molecule has 1 aliphatic heterocycles. The first-order chi connectivity index (χ1) is 13.9. The molecule has 30 heavy (non-hydrogen) atoms. The highest BCUT2D eigenvalue weighted by molar-refractivity contribution is 7.90. The number of amides is 4. The van der Waals surface area contributed by atoms with Crippen LogP contribution in [0.25, 0.3) is 0 Å². The molecule has 4 amide bonds. The SMILES string of the molecule is Cc1ccc([C@@]2(C)NC(=O)N(CC(=O)Nc3cc(S(C)(=O)=O)ccc3Cl)C2=O)cc1. The number of carbonyl (C=O) groups is 3. The van der Waals surface area contributed by atoms with Gasteiger partial charge in [0.2, 0.25) is 5.91 Å². The molecule has 1 saturated heterocycles. The maximum Gasteiger partial charge on any atom is 0.325 e. The van der Waals surface area contributed by atoms with E-state index in [1.54, 1.807) is 19.1 Å². The molecule has 2 aromatic carbocycles. The first-order valence-electron chi connectivity index (χ1n) is 8.92. The van der Waals surface area contributed by atoms with Crippen LogP contribution in [-0.2, 0) is 25.0 Å². The van der Waals surface area contributed by atoms with Crippen molar-refractivity contribution in [3.05, 3.63) is 58.6 Å². The van der Waals surface area contributed by atoms with Crippen LogP contribution in [0.3, 0.4) is 0 Å². The Bertz CT molecular complexity index is 1150. The van der Waals surface area contributed by atoms with Crippen molar-refractivity contribution in [3.63, 3.8) is 0 Å². The summed E-state index contributed by atoms with van der Waals surface area (Å²) in [5.41, 5.74) is 0.374. The van der Waals surface area contributed by atoms with E-state index in [2.05, 4.69) is 10.6 Å². The lowest BCUT2D eigenvalue weighted by Gasteiger charge is -2.22. The van der Waals surface area contributed by atoms with Crippen LogP contribution in [0, 0.1) is 6.92 Å². The lowest BCUT2D eigenvalue weighted by molar-refractivity contribution is -0.133. The van der Waals surface area contributed by atoms with Gasteiger partial charge in [0.05, 0.1) is 15.6 Å². The van der Waals surface area contributed by atoms with Crippen LogP contribution in [-0.4, -0.2) is 44.0 Å². The van der Waals surface area contributed by atoms with Crippen molar-refractivity contribution >= 4 is 45.0 Å². The van der Waals surface area contributed by atoms with E-state index in [0.717, 1.165) is 16.7 Å². The van der Waals surface area contributed by atoms with E-state index in [1.807, 2.05) is 19.1 Å². The third kappa shape index (κ3) is 4.17. The van der Waals surface area contributed by atoms with Crippen molar-refractivity contribution < 1.29 is 22.8 Å². The first-order valence-corrected chi connectivity index (χ1v) is 11.2. The van der Waals surface area contributed by atoms with Crippen molar-refractivity contribution in [3.8, 4) is 0 Å². The van der Waals surface area contributed by atoms with Gasteiger partial charge in [-0.2, -0.15) is 0 Å². The van der Waals surface area contributed by atoms with Crippen molar-refractivity contribution in [2.45, 2.75) is 24.3 Å². The molecule has 0 aliphatic carbocycles. The van der Waals surface area contributed by atoms with Gasteiger partial charge in [-0.3, -0.25) is 14.5 Å². The van der Waals surface area contributed by atoms with Crippen molar-refractivity contribution in [2.75, 3.05) is 18.1 Å². The Morgan fingerprint density at radius 2 is 1.80 bits per heavy atom. The van der Waals surface area contributed by atoms with Gasteiger partial charge in [0.25, 0.3) is 5.91 Å². The molecule has 2 aromatic rings. The Morgan fingerprint density at radius 1 is 1.17 bits per heavy atom. The molecule has 158 valence electrons. The fourth-order valence-electron chi connectivity index (χ4n) is 3.09. The Kier molecular flexibility index (Phi) is 5.62. The zero-order chi connectivity index (χ0) is 22.3. The molecule has 1 heterocycles. The van der Waals surface area contributed by atoms with Gasteiger partial charge >= 0.3 is 6.03 Å². The molecule has 0 spiro atoms. The molecule has 8 nitrogen and oxygen atoms in total. The van der Waals surface area contributed by atoms with E-state index in [9.17, 15) is 22.8 Å². The molecule has 2 N–H and O–H groups in total. The third-order valence-corrected chi connectivity index (χ3v) is 6.29. The summed E-state index contributed by atoms with van der Waals surface area (Å²) in [6.45, 7) is 2.93. The summed E-state index contributed by atoms with van der Waals surface area (Å²) < 4.78 is 23.4. The minimum Gasteiger partial charge on any atom is -0.323 e. The molecule has 0 unspecified atom stereocenters. The van der Waals surface area contributed by atoms with Crippen LogP contribution in [0.2, 0.25) is 5.02 Å². The molecule has 10 heteroatoms. The van der Waals surface area contributed by atoms with Gasteiger partial charge < -0.3 is 10.6 Å². The van der Waals surface area contributed by atoms with Crippen LogP contribution in [0.1, 0.15) is 18.1 Å². The van der Waals surface area contributed by atoms with Gasteiger partial charge in [-0.05, 0) is 37.6 Å². The number of sulfone groups is 1. The summed E-state index contributed by atoms with van der Waals surface area (Å²) in [5, 5.41) is 5.21. The fraction of sp³-hybridized carbons (Fsp3) is 0.250. The number of rotatable bonds is 5. The number of imide groups is 1. The van der Waals surface area contributed by atoms with Crippen LogP contribution in [0.15, 0.2) is 47.4 Å². The van der Waals surface area contributed by atoms with Gasteiger partial charge in [-0.25, -0.2) is 13.2 Å². The highest BCUT2D eigenvalue weighted by Gasteiger charge is 2.49. The maximum absolute atomic E-state index is 12.9. The average molecular weight is 450 g/mol. The smallest absolute Gasteiger partial charge is 0.323 e. The number of hydrogen-bond donors (Lipinski definition) is 2. The molecule has 0 saturated carbocycles. The molecule has 1 atom stereocenters. The third-order valence-electron chi connectivity index (χ3n) is 4.85. The molecular formula is C20H20ClN3O5S. The number of nitrogens with zero attached hydrogens (tertiary/aromatic N) is 1. The summed E-state index contributed by atoms with van der Waals surface area (Å²) in [5.74, 6) is -1.26. The van der Waals surface area contributed by atoms with Crippen LogP contribution in [0.4, 0.5) is 10.5 Å². The second kappa shape index (κ2) is 7.73. The van der Waals surface area contributed by atoms with E-state index >= 15 is 0 Å². The highest BCUT2D eigenvalue weighted by Crippen LogP contribution is 2.29. The summed E-state index contributed by atoms with van der Waals surface area (Å²) >= 11 is 6.03. The molecular weight excluding hydrogens is 430 g/mol. The monoisotopic (exact) mass is 449 g/mol. The number of hydrogen-bond acceptors (Lipinski definition) is 5.